The monoisotopic (exact) mass is 388 g/mol. The first-order valence-corrected chi connectivity index (χ1v) is 9.84. The molecule has 0 fully saturated rings. The molecule has 4 rings (SSSR count). The van der Waals surface area contributed by atoms with Crippen LogP contribution in [0, 0.1) is 6.92 Å². The minimum absolute atomic E-state index is 0.0904. The lowest BCUT2D eigenvalue weighted by Crippen LogP contribution is -2.31. The van der Waals surface area contributed by atoms with Gasteiger partial charge in [0, 0.05) is 19.3 Å². The molecule has 0 saturated carbocycles. The number of pyridine rings is 1. The first-order chi connectivity index (χ1) is 13.6. The summed E-state index contributed by atoms with van der Waals surface area (Å²) in [5.74, 6) is -0.0904. The Bertz CT molecular complexity index is 1150. The van der Waals surface area contributed by atoms with E-state index in [0.717, 1.165) is 27.3 Å². The number of benzene rings is 1. The third-order valence-corrected chi connectivity index (χ3v) is 5.49. The lowest BCUT2D eigenvalue weighted by atomic mass is 10.1. The van der Waals surface area contributed by atoms with Crippen molar-refractivity contribution >= 4 is 34.0 Å². The summed E-state index contributed by atoms with van der Waals surface area (Å²) in [6, 6.07) is 15.5. The Hall–Kier alpha value is -3.25. The highest BCUT2D eigenvalue weighted by Crippen LogP contribution is 2.30. The van der Waals surface area contributed by atoms with Gasteiger partial charge in [-0.2, -0.15) is 5.10 Å². The van der Waals surface area contributed by atoms with Gasteiger partial charge >= 0.3 is 0 Å². The fourth-order valence-electron chi connectivity index (χ4n) is 3.35. The van der Waals surface area contributed by atoms with Crippen LogP contribution >= 0.6 is 11.3 Å². The number of anilines is 1. The molecule has 3 aromatic heterocycles. The highest BCUT2D eigenvalue weighted by Gasteiger charge is 2.24. The van der Waals surface area contributed by atoms with Gasteiger partial charge in [-0.05, 0) is 36.6 Å². The molecule has 28 heavy (non-hydrogen) atoms. The Morgan fingerprint density at radius 2 is 2.04 bits per heavy atom. The molecule has 0 aliphatic carbocycles. The summed E-state index contributed by atoms with van der Waals surface area (Å²) in [5.41, 5.74) is 3.71. The first-order valence-electron chi connectivity index (χ1n) is 8.96. The van der Waals surface area contributed by atoms with E-state index in [1.165, 1.54) is 0 Å². The van der Waals surface area contributed by atoms with Crippen LogP contribution in [0.15, 0.2) is 66.6 Å². The molecule has 140 valence electrons. The zero-order chi connectivity index (χ0) is 19.7. The Balaban J connectivity index is 1.93. The summed E-state index contributed by atoms with van der Waals surface area (Å²) < 4.78 is 1.74. The number of aryl methyl sites for hydroxylation is 2. The average molecular weight is 388 g/mol. The molecule has 1 aromatic carbocycles. The van der Waals surface area contributed by atoms with E-state index >= 15 is 0 Å². The molecule has 0 unspecified atom stereocenters. The summed E-state index contributed by atoms with van der Waals surface area (Å²) >= 11 is 1.60. The van der Waals surface area contributed by atoms with Gasteiger partial charge in [0.1, 0.15) is 0 Å². The average Bonchev–Trinajstić information content (AvgIpc) is 3.34. The van der Waals surface area contributed by atoms with Gasteiger partial charge in [0.2, 0.25) is 0 Å². The van der Waals surface area contributed by atoms with E-state index in [2.05, 4.69) is 11.7 Å². The molecule has 0 N–H and O–H groups in total. The van der Waals surface area contributed by atoms with Crippen molar-refractivity contribution in [2.24, 2.45) is 7.05 Å². The zero-order valence-corrected chi connectivity index (χ0v) is 16.6. The number of hydrogen-bond acceptors (Lipinski definition) is 4. The molecule has 5 nitrogen and oxygen atoms in total. The fourth-order valence-corrected chi connectivity index (χ4v) is 4.04. The molecule has 1 amide bonds. The normalized spacial score (nSPS) is 10.9. The van der Waals surface area contributed by atoms with E-state index in [0.29, 0.717) is 17.8 Å². The summed E-state index contributed by atoms with van der Waals surface area (Å²) in [6.45, 7) is 6.15. The van der Waals surface area contributed by atoms with Crippen LogP contribution in [0.4, 0.5) is 5.69 Å². The number of fused-ring (bicyclic) bond motifs is 1. The van der Waals surface area contributed by atoms with Gasteiger partial charge in [0.05, 0.1) is 27.2 Å². The van der Waals surface area contributed by atoms with Gasteiger partial charge in [-0.3, -0.25) is 9.48 Å². The van der Waals surface area contributed by atoms with Gasteiger partial charge in [-0.25, -0.2) is 4.98 Å². The highest BCUT2D eigenvalue weighted by atomic mass is 32.1. The van der Waals surface area contributed by atoms with Crippen LogP contribution in [0.2, 0.25) is 0 Å². The minimum atomic E-state index is -0.0904. The van der Waals surface area contributed by atoms with Crippen molar-refractivity contribution in [1.29, 1.82) is 0 Å². The number of nitrogens with zero attached hydrogens (tertiary/aromatic N) is 4. The molecule has 0 radical (unpaired) electrons. The third kappa shape index (κ3) is 3.12. The topological polar surface area (TPSA) is 51.0 Å². The van der Waals surface area contributed by atoms with Crippen LogP contribution in [-0.4, -0.2) is 27.2 Å². The lowest BCUT2D eigenvalue weighted by molar-refractivity contribution is 0.0991. The van der Waals surface area contributed by atoms with Crippen LogP contribution in [0.3, 0.4) is 0 Å². The van der Waals surface area contributed by atoms with Crippen molar-refractivity contribution in [3.05, 3.63) is 77.8 Å². The number of hydrogen-bond donors (Lipinski definition) is 0. The van der Waals surface area contributed by atoms with Crippen molar-refractivity contribution in [1.82, 2.24) is 14.8 Å². The van der Waals surface area contributed by atoms with Crippen LogP contribution in [0.1, 0.15) is 16.1 Å². The quantitative estimate of drug-likeness (QED) is 0.460. The molecule has 3 heterocycles. The predicted octanol–water partition coefficient (Wildman–Crippen LogP) is 4.84. The van der Waals surface area contributed by atoms with Crippen molar-refractivity contribution in [2.75, 3.05) is 11.4 Å². The van der Waals surface area contributed by atoms with E-state index < -0.39 is 0 Å². The van der Waals surface area contributed by atoms with Crippen LogP contribution < -0.4 is 4.90 Å². The number of aromatic nitrogens is 3. The molecule has 4 aromatic rings. The van der Waals surface area contributed by atoms with Crippen LogP contribution in [-0.2, 0) is 7.05 Å². The maximum Gasteiger partial charge on any atom is 0.259 e. The number of carbonyl (C=O) groups is 1. The van der Waals surface area contributed by atoms with Crippen molar-refractivity contribution < 1.29 is 4.79 Å². The van der Waals surface area contributed by atoms with Gasteiger partial charge < -0.3 is 4.90 Å². The molecule has 0 saturated heterocycles. The summed E-state index contributed by atoms with van der Waals surface area (Å²) in [5, 5.41) is 7.30. The molecule has 0 spiro atoms. The smallest absolute Gasteiger partial charge is 0.259 e. The number of carbonyl (C=O) groups excluding carboxylic acids is 1. The molecule has 0 atom stereocenters. The number of amides is 1. The molecule has 6 heteroatoms. The Morgan fingerprint density at radius 1 is 1.25 bits per heavy atom. The largest absolute Gasteiger partial charge is 0.305 e. The predicted molar refractivity (Wildman–Crippen MR) is 115 cm³/mol. The molecule has 0 aliphatic heterocycles. The number of thiophene rings is 1. The second kappa shape index (κ2) is 7.40. The van der Waals surface area contributed by atoms with Gasteiger partial charge in [0.25, 0.3) is 5.91 Å². The summed E-state index contributed by atoms with van der Waals surface area (Å²) in [7, 11) is 1.85. The maximum atomic E-state index is 13.6. The van der Waals surface area contributed by atoms with E-state index in [4.69, 9.17) is 4.98 Å². The fraction of sp³-hybridized carbons (Fsp3) is 0.136. The standard InChI is InChI=1S/C22H20N4OS/c1-4-12-26(16-9-6-5-7-10-16)22(27)17-14-18(19-11-8-13-28-19)23-21-20(17)15(2)24-25(21)3/h4-11,13-14H,1,12H2,2-3H3. The SMILES string of the molecule is C=CCN(C(=O)c1cc(-c2cccs2)nc2c1c(C)nn2C)c1ccccc1. The van der Waals surface area contributed by atoms with E-state index in [9.17, 15) is 4.79 Å². The summed E-state index contributed by atoms with van der Waals surface area (Å²) in [6.07, 6.45) is 1.74. The summed E-state index contributed by atoms with van der Waals surface area (Å²) in [4.78, 5) is 21.2. The Morgan fingerprint density at radius 3 is 2.71 bits per heavy atom. The number of para-hydroxylation sites is 1. The second-order valence-electron chi connectivity index (χ2n) is 6.48. The van der Waals surface area contributed by atoms with Crippen LogP contribution in [0.5, 0.6) is 0 Å². The first kappa shape index (κ1) is 18.1. The van der Waals surface area contributed by atoms with E-state index in [1.54, 1.807) is 27.0 Å². The maximum absolute atomic E-state index is 13.6. The Kier molecular flexibility index (Phi) is 4.79. The highest BCUT2D eigenvalue weighted by molar-refractivity contribution is 7.13. The van der Waals surface area contributed by atoms with Crippen molar-refractivity contribution in [2.45, 2.75) is 6.92 Å². The van der Waals surface area contributed by atoms with Crippen molar-refractivity contribution in [3.8, 4) is 10.6 Å². The van der Waals surface area contributed by atoms with Crippen LogP contribution in [0.25, 0.3) is 21.6 Å². The number of rotatable bonds is 5. The van der Waals surface area contributed by atoms with E-state index in [-0.39, 0.29) is 5.91 Å². The zero-order valence-electron chi connectivity index (χ0n) is 15.8. The molecule has 0 bridgehead atoms. The molecular weight excluding hydrogens is 368 g/mol. The van der Waals surface area contributed by atoms with E-state index in [1.807, 2.05) is 67.9 Å². The van der Waals surface area contributed by atoms with Gasteiger partial charge in [-0.1, -0.05) is 30.3 Å². The third-order valence-electron chi connectivity index (χ3n) is 4.60. The molecule has 0 aliphatic rings. The van der Waals surface area contributed by atoms with Crippen molar-refractivity contribution in [3.63, 3.8) is 0 Å². The second-order valence-corrected chi connectivity index (χ2v) is 7.43. The molecular formula is C22H20N4OS. The van der Waals surface area contributed by atoms with Gasteiger partial charge in [-0.15, -0.1) is 17.9 Å². The lowest BCUT2D eigenvalue weighted by Gasteiger charge is -2.22. The Labute approximate surface area is 167 Å². The van der Waals surface area contributed by atoms with Gasteiger partial charge in [0.15, 0.2) is 5.65 Å². The minimum Gasteiger partial charge on any atom is -0.305 e.